The van der Waals surface area contributed by atoms with Crippen LogP contribution in [0.15, 0.2) is 24.3 Å². The topological polar surface area (TPSA) is 38.7 Å². The van der Waals surface area contributed by atoms with Crippen LogP contribution in [-0.4, -0.2) is 27.1 Å². The van der Waals surface area contributed by atoms with Crippen molar-refractivity contribution in [1.82, 2.24) is 0 Å². The van der Waals surface area contributed by atoms with Crippen LogP contribution >= 0.6 is 0 Å². The van der Waals surface area contributed by atoms with Crippen LogP contribution in [0, 0.1) is 0 Å². The monoisotopic (exact) mass is 310 g/mol. The molecule has 4 heteroatoms. The SMILES string of the molecule is COc1ccc([C@@H](O)CCCO[Si](C)(C)C(C)(C)C)cc1. The van der Waals surface area contributed by atoms with Crippen molar-refractivity contribution in [3.8, 4) is 5.75 Å². The molecular weight excluding hydrogens is 280 g/mol. The van der Waals surface area contributed by atoms with Crippen LogP contribution in [0.4, 0.5) is 0 Å². The van der Waals surface area contributed by atoms with Gasteiger partial charge in [0.1, 0.15) is 5.75 Å². The van der Waals surface area contributed by atoms with Gasteiger partial charge in [0.25, 0.3) is 0 Å². The molecular formula is C17H30O3Si. The summed E-state index contributed by atoms with van der Waals surface area (Å²) in [4.78, 5) is 0. The number of methoxy groups -OCH3 is 1. The summed E-state index contributed by atoms with van der Waals surface area (Å²) in [6, 6.07) is 7.59. The van der Waals surface area contributed by atoms with Crippen molar-refractivity contribution in [1.29, 1.82) is 0 Å². The third kappa shape index (κ3) is 5.45. The van der Waals surface area contributed by atoms with Crippen LogP contribution in [0.1, 0.15) is 45.3 Å². The number of benzene rings is 1. The summed E-state index contributed by atoms with van der Waals surface area (Å²) in [5.74, 6) is 0.812. The highest BCUT2D eigenvalue weighted by Gasteiger charge is 2.36. The number of aliphatic hydroxyl groups excluding tert-OH is 1. The Bertz CT molecular complexity index is 421. The lowest BCUT2D eigenvalue weighted by atomic mass is 10.1. The van der Waals surface area contributed by atoms with Crippen molar-refractivity contribution in [2.24, 2.45) is 0 Å². The van der Waals surface area contributed by atoms with E-state index in [1.54, 1.807) is 7.11 Å². The van der Waals surface area contributed by atoms with Crippen molar-refractivity contribution in [3.05, 3.63) is 29.8 Å². The van der Waals surface area contributed by atoms with Gasteiger partial charge in [0, 0.05) is 6.61 Å². The number of rotatable bonds is 7. The van der Waals surface area contributed by atoms with Gasteiger partial charge in [-0.1, -0.05) is 32.9 Å². The first kappa shape index (κ1) is 18.2. The Morgan fingerprint density at radius 1 is 1.14 bits per heavy atom. The summed E-state index contributed by atoms with van der Waals surface area (Å²) >= 11 is 0. The average Bonchev–Trinajstić information content (AvgIpc) is 2.42. The van der Waals surface area contributed by atoms with Crippen molar-refractivity contribution < 1.29 is 14.3 Å². The fraction of sp³-hybridized carbons (Fsp3) is 0.647. The molecule has 0 amide bonds. The van der Waals surface area contributed by atoms with Crippen LogP contribution < -0.4 is 4.74 Å². The molecule has 1 aromatic rings. The van der Waals surface area contributed by atoms with Gasteiger partial charge in [-0.25, -0.2) is 0 Å². The smallest absolute Gasteiger partial charge is 0.191 e. The van der Waals surface area contributed by atoms with E-state index in [1.165, 1.54) is 0 Å². The summed E-state index contributed by atoms with van der Waals surface area (Å²) in [5, 5.41) is 10.4. The van der Waals surface area contributed by atoms with Crippen molar-refractivity contribution in [3.63, 3.8) is 0 Å². The van der Waals surface area contributed by atoms with Crippen LogP contribution in [0.25, 0.3) is 0 Å². The third-order valence-corrected chi connectivity index (χ3v) is 8.93. The fourth-order valence-corrected chi connectivity index (χ4v) is 2.90. The zero-order valence-electron chi connectivity index (χ0n) is 14.3. The van der Waals surface area contributed by atoms with Gasteiger partial charge in [0.15, 0.2) is 8.32 Å². The van der Waals surface area contributed by atoms with Gasteiger partial charge >= 0.3 is 0 Å². The van der Waals surface area contributed by atoms with Crippen molar-refractivity contribution in [2.75, 3.05) is 13.7 Å². The Kier molecular flexibility index (Phi) is 6.44. The molecule has 1 N–H and O–H groups in total. The van der Waals surface area contributed by atoms with Gasteiger partial charge in [0.2, 0.25) is 0 Å². The first-order chi connectivity index (χ1) is 9.67. The second-order valence-corrected chi connectivity index (χ2v) is 11.8. The van der Waals surface area contributed by atoms with Crippen LogP contribution in [0.3, 0.4) is 0 Å². The van der Waals surface area contributed by atoms with Crippen molar-refractivity contribution in [2.45, 2.75) is 57.8 Å². The number of hydrogen-bond acceptors (Lipinski definition) is 3. The molecule has 0 aliphatic heterocycles. The summed E-state index contributed by atoms with van der Waals surface area (Å²) in [5.41, 5.74) is 0.933. The number of ether oxygens (including phenoxy) is 1. The van der Waals surface area contributed by atoms with Gasteiger partial charge in [-0.3, -0.25) is 0 Å². The van der Waals surface area contributed by atoms with Gasteiger partial charge in [-0.05, 0) is 48.7 Å². The van der Waals surface area contributed by atoms with E-state index in [2.05, 4.69) is 33.9 Å². The zero-order chi connectivity index (χ0) is 16.1. The van der Waals surface area contributed by atoms with Crippen LogP contribution in [0.2, 0.25) is 18.1 Å². The minimum Gasteiger partial charge on any atom is -0.497 e. The molecule has 0 spiro atoms. The molecule has 120 valence electrons. The van der Waals surface area contributed by atoms with Gasteiger partial charge in [-0.2, -0.15) is 0 Å². The molecule has 0 aliphatic carbocycles. The van der Waals surface area contributed by atoms with E-state index < -0.39 is 14.4 Å². The lowest BCUT2D eigenvalue weighted by Crippen LogP contribution is -2.41. The molecule has 0 aliphatic rings. The Balaban J connectivity index is 2.38. The lowest BCUT2D eigenvalue weighted by molar-refractivity contribution is 0.152. The zero-order valence-corrected chi connectivity index (χ0v) is 15.3. The number of aliphatic hydroxyl groups is 1. The van der Waals surface area contributed by atoms with E-state index in [0.29, 0.717) is 0 Å². The molecule has 0 bridgehead atoms. The minimum atomic E-state index is -1.67. The van der Waals surface area contributed by atoms with Gasteiger partial charge in [0.05, 0.1) is 13.2 Å². The molecule has 0 radical (unpaired) electrons. The predicted molar refractivity (Wildman–Crippen MR) is 90.3 cm³/mol. The molecule has 1 atom stereocenters. The van der Waals surface area contributed by atoms with E-state index in [-0.39, 0.29) is 5.04 Å². The fourth-order valence-electron chi connectivity index (χ4n) is 1.81. The molecule has 21 heavy (non-hydrogen) atoms. The lowest BCUT2D eigenvalue weighted by Gasteiger charge is -2.36. The summed E-state index contributed by atoms with van der Waals surface area (Å²) in [6.07, 6.45) is 1.17. The predicted octanol–water partition coefficient (Wildman–Crippen LogP) is 4.53. The largest absolute Gasteiger partial charge is 0.497 e. The summed E-state index contributed by atoms with van der Waals surface area (Å²) in [6.45, 7) is 12.0. The number of hydrogen-bond donors (Lipinski definition) is 1. The molecule has 0 heterocycles. The van der Waals surface area contributed by atoms with E-state index in [0.717, 1.165) is 30.8 Å². The quantitative estimate of drug-likeness (QED) is 0.594. The maximum atomic E-state index is 10.2. The standard InChI is InChI=1S/C17H30O3Si/c1-17(2,3)21(5,6)20-13-7-8-16(18)14-9-11-15(19-4)12-10-14/h9-12,16,18H,7-8,13H2,1-6H3/t16-/m0/s1. The average molecular weight is 311 g/mol. The Morgan fingerprint density at radius 2 is 1.71 bits per heavy atom. The molecule has 1 rings (SSSR count). The maximum Gasteiger partial charge on any atom is 0.191 e. The molecule has 3 nitrogen and oxygen atoms in total. The van der Waals surface area contributed by atoms with E-state index in [1.807, 2.05) is 24.3 Å². The third-order valence-electron chi connectivity index (χ3n) is 4.39. The van der Waals surface area contributed by atoms with E-state index in [9.17, 15) is 5.11 Å². The second-order valence-electron chi connectivity index (χ2n) is 7.04. The second kappa shape index (κ2) is 7.43. The molecule has 0 unspecified atom stereocenters. The Hall–Kier alpha value is -0.843. The Morgan fingerprint density at radius 3 is 2.19 bits per heavy atom. The van der Waals surface area contributed by atoms with E-state index >= 15 is 0 Å². The van der Waals surface area contributed by atoms with Crippen LogP contribution in [-0.2, 0) is 4.43 Å². The Labute approximate surface area is 130 Å². The summed E-state index contributed by atoms with van der Waals surface area (Å²) < 4.78 is 11.2. The molecule has 0 aromatic heterocycles. The highest BCUT2D eigenvalue weighted by atomic mass is 28.4. The molecule has 1 aromatic carbocycles. The van der Waals surface area contributed by atoms with Crippen LogP contribution in [0.5, 0.6) is 5.75 Å². The normalized spacial score (nSPS) is 14.0. The first-order valence-corrected chi connectivity index (χ1v) is 10.5. The van der Waals surface area contributed by atoms with Gasteiger partial charge in [-0.15, -0.1) is 0 Å². The maximum absolute atomic E-state index is 10.2. The molecule has 0 saturated carbocycles. The molecule has 0 fully saturated rings. The minimum absolute atomic E-state index is 0.238. The van der Waals surface area contributed by atoms with Crippen molar-refractivity contribution >= 4 is 8.32 Å². The highest BCUT2D eigenvalue weighted by Crippen LogP contribution is 2.36. The molecule has 0 saturated heterocycles. The summed E-state index contributed by atoms with van der Waals surface area (Å²) in [7, 11) is -0.0243. The van der Waals surface area contributed by atoms with Gasteiger partial charge < -0.3 is 14.3 Å². The highest BCUT2D eigenvalue weighted by molar-refractivity contribution is 6.74. The van der Waals surface area contributed by atoms with E-state index in [4.69, 9.17) is 9.16 Å². The first-order valence-electron chi connectivity index (χ1n) is 7.63.